The average molecular weight is 205 g/mol. The van der Waals surface area contributed by atoms with Crippen molar-refractivity contribution < 1.29 is 9.18 Å². The van der Waals surface area contributed by atoms with Gasteiger partial charge in [0.25, 0.3) is 0 Å². The molecule has 0 unspecified atom stereocenters. The first-order valence-corrected chi connectivity index (χ1v) is 4.94. The van der Waals surface area contributed by atoms with Crippen LogP contribution in [0.25, 0.3) is 10.9 Å². The summed E-state index contributed by atoms with van der Waals surface area (Å²) in [5.74, 6) is -0.218. The summed E-state index contributed by atoms with van der Waals surface area (Å²) in [6, 6.07) is 4.50. The predicted molar refractivity (Wildman–Crippen MR) is 57.6 cm³/mol. The van der Waals surface area contributed by atoms with Crippen molar-refractivity contribution in [2.24, 2.45) is 0 Å². The Morgan fingerprint density at radius 2 is 2.20 bits per heavy atom. The molecule has 1 aromatic carbocycles. The zero-order chi connectivity index (χ0) is 11.0. The standard InChI is InChI=1S/C12H12FNO/c1-3-11(15)12-7(2)9-6-8(13)4-5-10(9)14-12/h4-6,14H,3H2,1-2H3. The molecule has 1 aromatic heterocycles. The Hall–Kier alpha value is -1.64. The maximum Gasteiger partial charge on any atom is 0.179 e. The Bertz CT molecular complexity index is 528. The Morgan fingerprint density at radius 1 is 1.47 bits per heavy atom. The molecule has 0 fully saturated rings. The molecule has 78 valence electrons. The molecular weight excluding hydrogens is 193 g/mol. The van der Waals surface area contributed by atoms with Crippen molar-refractivity contribution >= 4 is 16.7 Å². The number of halogens is 1. The highest BCUT2D eigenvalue weighted by molar-refractivity contribution is 6.01. The minimum Gasteiger partial charge on any atom is -0.352 e. The number of hydrogen-bond acceptors (Lipinski definition) is 1. The van der Waals surface area contributed by atoms with Gasteiger partial charge in [-0.1, -0.05) is 6.92 Å². The Labute approximate surface area is 87.1 Å². The van der Waals surface area contributed by atoms with Crippen LogP contribution in [0.3, 0.4) is 0 Å². The SMILES string of the molecule is CCC(=O)c1[nH]c2ccc(F)cc2c1C. The maximum atomic E-state index is 13.0. The Balaban J connectivity index is 2.69. The third-order valence-electron chi connectivity index (χ3n) is 2.62. The quantitative estimate of drug-likeness (QED) is 0.750. The van der Waals surface area contributed by atoms with Gasteiger partial charge in [0.2, 0.25) is 0 Å². The summed E-state index contributed by atoms with van der Waals surface area (Å²) in [6.45, 7) is 3.65. The second-order valence-electron chi connectivity index (χ2n) is 3.59. The molecule has 0 amide bonds. The largest absolute Gasteiger partial charge is 0.352 e. The fourth-order valence-corrected chi connectivity index (χ4v) is 1.75. The zero-order valence-electron chi connectivity index (χ0n) is 8.73. The molecule has 2 rings (SSSR count). The van der Waals surface area contributed by atoms with Gasteiger partial charge < -0.3 is 4.98 Å². The summed E-state index contributed by atoms with van der Waals surface area (Å²) in [4.78, 5) is 14.6. The van der Waals surface area contributed by atoms with Crippen LogP contribution >= 0.6 is 0 Å². The smallest absolute Gasteiger partial charge is 0.179 e. The number of ketones is 1. The molecule has 0 bridgehead atoms. The van der Waals surface area contributed by atoms with E-state index in [1.54, 1.807) is 6.07 Å². The molecule has 0 atom stereocenters. The third kappa shape index (κ3) is 1.54. The molecule has 0 aliphatic carbocycles. The van der Waals surface area contributed by atoms with E-state index in [1.165, 1.54) is 12.1 Å². The van der Waals surface area contributed by atoms with Gasteiger partial charge in [-0.15, -0.1) is 0 Å². The van der Waals surface area contributed by atoms with Gasteiger partial charge in [0.05, 0.1) is 5.69 Å². The highest BCUT2D eigenvalue weighted by atomic mass is 19.1. The first-order valence-electron chi connectivity index (χ1n) is 4.94. The van der Waals surface area contributed by atoms with Crippen molar-refractivity contribution in [1.29, 1.82) is 0 Å². The minimum atomic E-state index is -0.278. The molecule has 0 saturated carbocycles. The molecule has 0 aliphatic rings. The number of carbonyl (C=O) groups excluding carboxylic acids is 1. The van der Waals surface area contributed by atoms with Crippen LogP contribution in [0.2, 0.25) is 0 Å². The molecule has 0 saturated heterocycles. The second kappa shape index (κ2) is 3.50. The molecule has 0 radical (unpaired) electrons. The number of aryl methyl sites for hydroxylation is 1. The lowest BCUT2D eigenvalue weighted by atomic mass is 10.1. The van der Waals surface area contributed by atoms with Crippen LogP contribution in [0, 0.1) is 12.7 Å². The predicted octanol–water partition coefficient (Wildman–Crippen LogP) is 3.21. The number of benzene rings is 1. The highest BCUT2D eigenvalue weighted by Gasteiger charge is 2.13. The van der Waals surface area contributed by atoms with E-state index in [9.17, 15) is 9.18 Å². The lowest BCUT2D eigenvalue weighted by Crippen LogP contribution is -1.98. The van der Waals surface area contributed by atoms with Crippen molar-refractivity contribution in [2.75, 3.05) is 0 Å². The van der Waals surface area contributed by atoms with Crippen LogP contribution in [0.1, 0.15) is 29.4 Å². The maximum absolute atomic E-state index is 13.0. The topological polar surface area (TPSA) is 32.9 Å². The fourth-order valence-electron chi connectivity index (χ4n) is 1.75. The Kier molecular flexibility index (Phi) is 2.31. The number of hydrogen-bond donors (Lipinski definition) is 1. The van der Waals surface area contributed by atoms with Crippen LogP contribution in [-0.2, 0) is 0 Å². The van der Waals surface area contributed by atoms with Crippen molar-refractivity contribution in [3.63, 3.8) is 0 Å². The van der Waals surface area contributed by atoms with Crippen LogP contribution < -0.4 is 0 Å². The zero-order valence-corrected chi connectivity index (χ0v) is 8.73. The minimum absolute atomic E-state index is 0.0594. The van der Waals surface area contributed by atoms with Gasteiger partial charge in [0.1, 0.15) is 5.82 Å². The first kappa shape index (κ1) is 9.90. The van der Waals surface area contributed by atoms with Crippen LogP contribution in [-0.4, -0.2) is 10.8 Å². The molecule has 0 aliphatic heterocycles. The van der Waals surface area contributed by atoms with Gasteiger partial charge in [0.15, 0.2) is 5.78 Å². The van der Waals surface area contributed by atoms with Gasteiger partial charge in [-0.25, -0.2) is 4.39 Å². The average Bonchev–Trinajstić information content (AvgIpc) is 2.55. The summed E-state index contributed by atoms with van der Waals surface area (Å²) in [6.07, 6.45) is 0.455. The van der Waals surface area contributed by atoms with E-state index in [1.807, 2.05) is 13.8 Å². The van der Waals surface area contributed by atoms with Crippen molar-refractivity contribution in [3.05, 3.63) is 35.3 Å². The van der Waals surface area contributed by atoms with Gasteiger partial charge >= 0.3 is 0 Å². The van der Waals surface area contributed by atoms with Crippen LogP contribution in [0.4, 0.5) is 4.39 Å². The summed E-state index contributed by atoms with van der Waals surface area (Å²) in [5, 5.41) is 0.784. The third-order valence-corrected chi connectivity index (χ3v) is 2.62. The lowest BCUT2D eigenvalue weighted by Gasteiger charge is -1.94. The molecule has 1 N–H and O–H groups in total. The monoisotopic (exact) mass is 205 g/mol. The lowest BCUT2D eigenvalue weighted by molar-refractivity contribution is 0.0983. The van der Waals surface area contributed by atoms with E-state index in [2.05, 4.69) is 4.98 Å². The highest BCUT2D eigenvalue weighted by Crippen LogP contribution is 2.23. The molecule has 1 heterocycles. The number of H-pyrrole nitrogens is 1. The van der Waals surface area contributed by atoms with Gasteiger partial charge in [-0.2, -0.15) is 0 Å². The number of fused-ring (bicyclic) bond motifs is 1. The van der Waals surface area contributed by atoms with Crippen LogP contribution in [0.5, 0.6) is 0 Å². The molecule has 15 heavy (non-hydrogen) atoms. The number of rotatable bonds is 2. The van der Waals surface area contributed by atoms with E-state index < -0.39 is 0 Å². The molecule has 2 nitrogen and oxygen atoms in total. The number of carbonyl (C=O) groups is 1. The fraction of sp³-hybridized carbons (Fsp3) is 0.250. The van der Waals surface area contributed by atoms with Gasteiger partial charge in [-0.05, 0) is 30.7 Å². The number of Topliss-reactive ketones (excluding diaryl/α,β-unsaturated/α-hetero) is 1. The summed E-state index contributed by atoms with van der Waals surface area (Å²) < 4.78 is 13.0. The van der Waals surface area contributed by atoms with E-state index >= 15 is 0 Å². The van der Waals surface area contributed by atoms with Crippen molar-refractivity contribution in [2.45, 2.75) is 20.3 Å². The number of aromatic amines is 1. The number of nitrogens with one attached hydrogen (secondary N) is 1. The van der Waals surface area contributed by atoms with Crippen molar-refractivity contribution in [3.8, 4) is 0 Å². The van der Waals surface area contributed by atoms with E-state index in [4.69, 9.17) is 0 Å². The Morgan fingerprint density at radius 3 is 2.87 bits per heavy atom. The number of aromatic nitrogens is 1. The second-order valence-corrected chi connectivity index (χ2v) is 3.59. The van der Waals surface area contributed by atoms with E-state index in [0.717, 1.165) is 16.5 Å². The first-order chi connectivity index (χ1) is 7.13. The van der Waals surface area contributed by atoms with Gasteiger partial charge in [-0.3, -0.25) is 4.79 Å². The normalized spacial score (nSPS) is 10.9. The summed E-state index contributed by atoms with van der Waals surface area (Å²) in [7, 11) is 0. The molecular formula is C12H12FNO. The van der Waals surface area contributed by atoms with E-state index in [-0.39, 0.29) is 11.6 Å². The molecule has 3 heteroatoms. The summed E-state index contributed by atoms with van der Waals surface area (Å²) >= 11 is 0. The summed E-state index contributed by atoms with van der Waals surface area (Å²) in [5.41, 5.74) is 2.24. The van der Waals surface area contributed by atoms with Crippen LogP contribution in [0.15, 0.2) is 18.2 Å². The van der Waals surface area contributed by atoms with E-state index in [0.29, 0.717) is 12.1 Å². The van der Waals surface area contributed by atoms with Crippen molar-refractivity contribution in [1.82, 2.24) is 4.98 Å². The molecule has 2 aromatic rings. The van der Waals surface area contributed by atoms with Gasteiger partial charge in [0, 0.05) is 17.3 Å². The molecule has 0 spiro atoms.